The van der Waals surface area contributed by atoms with Crippen LogP contribution in [0.4, 0.5) is 24.7 Å². The fourth-order valence-corrected chi connectivity index (χ4v) is 1.27. The Morgan fingerprint density at radius 2 is 2.21 bits per heavy atom. The Kier molecular flexibility index (Phi) is 5.11. The maximum absolute atomic E-state index is 11.8. The molecule has 0 saturated heterocycles. The van der Waals surface area contributed by atoms with Gasteiger partial charge in [0.2, 0.25) is 5.91 Å². The van der Waals surface area contributed by atoms with E-state index in [0.717, 1.165) is 0 Å². The van der Waals surface area contributed by atoms with Crippen LogP contribution in [0.3, 0.4) is 0 Å². The Morgan fingerprint density at radius 1 is 1.53 bits per heavy atom. The number of aromatic nitrogens is 1. The van der Waals surface area contributed by atoms with Crippen molar-refractivity contribution in [3.63, 3.8) is 0 Å². The molecule has 1 rings (SSSR count). The van der Waals surface area contributed by atoms with Gasteiger partial charge in [-0.25, -0.2) is 4.98 Å². The van der Waals surface area contributed by atoms with Crippen molar-refractivity contribution >= 4 is 17.4 Å². The molecule has 1 heterocycles. The topological polar surface area (TPSA) is 77.2 Å². The second-order valence-corrected chi connectivity index (χ2v) is 3.90. The maximum atomic E-state index is 11.8. The van der Waals surface area contributed by atoms with Gasteiger partial charge in [0.15, 0.2) is 0 Å². The molecule has 0 aliphatic rings. The molecule has 0 fully saturated rings. The zero-order chi connectivity index (χ0) is 14.5. The second-order valence-electron chi connectivity index (χ2n) is 3.90. The van der Waals surface area contributed by atoms with Gasteiger partial charge in [0.1, 0.15) is 12.4 Å². The quantitative estimate of drug-likeness (QED) is 0.806. The first-order valence-corrected chi connectivity index (χ1v) is 5.44. The summed E-state index contributed by atoms with van der Waals surface area (Å²) in [4.78, 5) is 15.3. The van der Waals surface area contributed by atoms with Gasteiger partial charge in [-0.15, -0.1) is 0 Å². The zero-order valence-electron chi connectivity index (χ0n) is 10.3. The summed E-state index contributed by atoms with van der Waals surface area (Å²) in [6.45, 7) is 0.0396. The van der Waals surface area contributed by atoms with E-state index in [1.165, 1.54) is 6.20 Å². The van der Waals surface area contributed by atoms with Crippen LogP contribution in [0, 0.1) is 6.92 Å². The largest absolute Gasteiger partial charge is 0.411 e. The van der Waals surface area contributed by atoms with Crippen LogP contribution in [0.25, 0.3) is 0 Å². The van der Waals surface area contributed by atoms with Gasteiger partial charge in [-0.2, -0.15) is 13.2 Å². The molecule has 1 aromatic heterocycles. The molecule has 3 N–H and O–H groups in total. The number of halogens is 3. The highest BCUT2D eigenvalue weighted by atomic mass is 19.4. The molecule has 8 heteroatoms. The molecule has 0 aliphatic heterocycles. The number of nitrogens with two attached hydrogens (primary N) is 1. The van der Waals surface area contributed by atoms with Crippen LogP contribution in [-0.4, -0.2) is 30.3 Å². The van der Waals surface area contributed by atoms with E-state index in [1.807, 2.05) is 0 Å². The van der Waals surface area contributed by atoms with Gasteiger partial charge in [0.05, 0.1) is 24.9 Å². The van der Waals surface area contributed by atoms with Crippen LogP contribution in [-0.2, 0) is 9.53 Å². The Hall–Kier alpha value is -1.83. The van der Waals surface area contributed by atoms with Gasteiger partial charge in [-0.1, -0.05) is 0 Å². The standard InChI is InChI=1S/C11H14F3N3O2/c1-7-4-8(15)5-16-10(7)17-9(18)2-3-19-6-11(12,13)14/h4-5H,2-3,6,15H2,1H3,(H,16,17,18). The highest BCUT2D eigenvalue weighted by molar-refractivity contribution is 5.90. The van der Waals surface area contributed by atoms with E-state index in [4.69, 9.17) is 5.73 Å². The zero-order valence-corrected chi connectivity index (χ0v) is 10.3. The molecule has 5 nitrogen and oxygen atoms in total. The van der Waals surface area contributed by atoms with Crippen LogP contribution < -0.4 is 11.1 Å². The average Bonchev–Trinajstić information content (AvgIpc) is 2.27. The third kappa shape index (κ3) is 6.05. The smallest absolute Gasteiger partial charge is 0.397 e. The number of carbonyl (C=O) groups is 1. The molecule has 0 aliphatic carbocycles. The molecule has 1 aromatic rings. The summed E-state index contributed by atoms with van der Waals surface area (Å²) in [5.74, 6) is -0.141. The Labute approximate surface area is 108 Å². The third-order valence-corrected chi connectivity index (χ3v) is 2.10. The lowest BCUT2D eigenvalue weighted by Crippen LogP contribution is -2.20. The van der Waals surface area contributed by atoms with Gasteiger partial charge < -0.3 is 15.8 Å². The van der Waals surface area contributed by atoms with E-state index in [1.54, 1.807) is 13.0 Å². The number of anilines is 2. The number of ether oxygens (including phenoxy) is 1. The van der Waals surface area contributed by atoms with Gasteiger partial charge in [-0.05, 0) is 18.6 Å². The molecule has 0 aromatic carbocycles. The maximum Gasteiger partial charge on any atom is 0.411 e. The van der Waals surface area contributed by atoms with Crippen LogP contribution >= 0.6 is 0 Å². The minimum atomic E-state index is -4.38. The van der Waals surface area contributed by atoms with Gasteiger partial charge in [-0.3, -0.25) is 4.79 Å². The van der Waals surface area contributed by atoms with Crippen LogP contribution in [0.1, 0.15) is 12.0 Å². The molecule has 0 radical (unpaired) electrons. The molecule has 0 atom stereocenters. The van der Waals surface area contributed by atoms with E-state index in [2.05, 4.69) is 15.0 Å². The fourth-order valence-electron chi connectivity index (χ4n) is 1.27. The first kappa shape index (κ1) is 15.2. The molecular weight excluding hydrogens is 263 g/mol. The van der Waals surface area contributed by atoms with Crippen molar-refractivity contribution in [3.8, 4) is 0 Å². The lowest BCUT2D eigenvalue weighted by Gasteiger charge is -2.09. The van der Waals surface area contributed by atoms with E-state index in [0.29, 0.717) is 17.1 Å². The van der Waals surface area contributed by atoms with Gasteiger partial charge in [0.25, 0.3) is 0 Å². The van der Waals surface area contributed by atoms with E-state index in [-0.39, 0.29) is 13.0 Å². The number of rotatable bonds is 5. The number of hydrogen-bond acceptors (Lipinski definition) is 4. The average molecular weight is 277 g/mol. The summed E-state index contributed by atoms with van der Waals surface area (Å²) in [5.41, 5.74) is 6.63. The van der Waals surface area contributed by atoms with E-state index < -0.39 is 18.7 Å². The molecule has 19 heavy (non-hydrogen) atoms. The predicted octanol–water partition coefficient (Wildman–Crippen LogP) is 1.88. The lowest BCUT2D eigenvalue weighted by molar-refractivity contribution is -0.174. The minimum absolute atomic E-state index is 0.179. The number of hydrogen-bond donors (Lipinski definition) is 2. The van der Waals surface area contributed by atoms with E-state index >= 15 is 0 Å². The molecule has 0 saturated carbocycles. The van der Waals surface area contributed by atoms with Crippen LogP contribution in [0.2, 0.25) is 0 Å². The Bertz CT molecular complexity index is 449. The number of aryl methyl sites for hydroxylation is 1. The Balaban J connectivity index is 2.35. The molecule has 0 unspecified atom stereocenters. The number of alkyl halides is 3. The monoisotopic (exact) mass is 277 g/mol. The van der Waals surface area contributed by atoms with Crippen molar-refractivity contribution < 1.29 is 22.7 Å². The second kappa shape index (κ2) is 6.37. The van der Waals surface area contributed by atoms with Crippen molar-refractivity contribution in [2.24, 2.45) is 0 Å². The van der Waals surface area contributed by atoms with Crippen LogP contribution in [0.5, 0.6) is 0 Å². The van der Waals surface area contributed by atoms with Crippen LogP contribution in [0.15, 0.2) is 12.3 Å². The van der Waals surface area contributed by atoms with Gasteiger partial charge in [0, 0.05) is 0 Å². The van der Waals surface area contributed by atoms with Gasteiger partial charge >= 0.3 is 6.18 Å². The molecular formula is C11H14F3N3O2. The number of nitrogen functional groups attached to an aromatic ring is 1. The first-order chi connectivity index (χ1) is 8.78. The van der Waals surface area contributed by atoms with Crippen molar-refractivity contribution in [3.05, 3.63) is 17.8 Å². The summed E-state index contributed by atoms with van der Waals surface area (Å²) >= 11 is 0. The molecule has 0 bridgehead atoms. The third-order valence-electron chi connectivity index (χ3n) is 2.10. The van der Waals surface area contributed by atoms with Crippen molar-refractivity contribution in [1.29, 1.82) is 0 Å². The molecule has 1 amide bonds. The number of amides is 1. The summed E-state index contributed by atoms with van der Waals surface area (Å²) in [5, 5.41) is 2.47. The molecule has 106 valence electrons. The lowest BCUT2D eigenvalue weighted by atomic mass is 10.2. The molecule has 0 spiro atoms. The fraction of sp³-hybridized carbons (Fsp3) is 0.455. The van der Waals surface area contributed by atoms with Crippen molar-refractivity contribution in [2.45, 2.75) is 19.5 Å². The number of carbonyl (C=O) groups excluding carboxylic acids is 1. The predicted molar refractivity (Wildman–Crippen MR) is 63.5 cm³/mol. The highest BCUT2D eigenvalue weighted by Crippen LogP contribution is 2.15. The summed E-state index contributed by atoms with van der Waals surface area (Å²) in [7, 11) is 0. The normalized spacial score (nSPS) is 11.4. The van der Waals surface area contributed by atoms with Crippen molar-refractivity contribution in [1.82, 2.24) is 4.98 Å². The Morgan fingerprint density at radius 3 is 2.79 bits per heavy atom. The summed E-state index contributed by atoms with van der Waals surface area (Å²) in [6, 6.07) is 1.63. The first-order valence-electron chi connectivity index (χ1n) is 5.44. The minimum Gasteiger partial charge on any atom is -0.397 e. The van der Waals surface area contributed by atoms with Crippen molar-refractivity contribution in [2.75, 3.05) is 24.3 Å². The van der Waals surface area contributed by atoms with E-state index in [9.17, 15) is 18.0 Å². The number of pyridine rings is 1. The number of nitrogens with zero attached hydrogens (tertiary/aromatic N) is 1. The SMILES string of the molecule is Cc1cc(N)cnc1NC(=O)CCOCC(F)(F)F. The summed E-state index contributed by atoms with van der Waals surface area (Å²) in [6.07, 6.45) is -3.18. The number of nitrogens with one attached hydrogen (secondary N) is 1. The highest BCUT2D eigenvalue weighted by Gasteiger charge is 2.27. The summed E-state index contributed by atoms with van der Waals surface area (Å²) < 4.78 is 39.6.